The summed E-state index contributed by atoms with van der Waals surface area (Å²) in [6.45, 7) is 4.71. The van der Waals surface area contributed by atoms with Crippen LogP contribution in [-0.2, 0) is 11.2 Å². The summed E-state index contributed by atoms with van der Waals surface area (Å²) in [5, 5.41) is 8.47. The number of hydrazine groups is 1. The third-order valence-electron chi connectivity index (χ3n) is 2.49. The molecular formula is C10H17N5O2. The number of ether oxygens (including phenoxy) is 1. The SMILES string of the molecule is CCCc1nc(C(=O)NN2CCOCC2)n[nH]1. The van der Waals surface area contributed by atoms with E-state index in [1.807, 2.05) is 5.01 Å². The third-order valence-corrected chi connectivity index (χ3v) is 2.49. The molecule has 0 bridgehead atoms. The molecule has 7 heteroatoms. The zero-order valence-corrected chi connectivity index (χ0v) is 9.90. The topological polar surface area (TPSA) is 83.1 Å². The minimum absolute atomic E-state index is 0.194. The first-order valence-electron chi connectivity index (χ1n) is 5.84. The molecule has 0 saturated carbocycles. The number of amides is 1. The lowest BCUT2D eigenvalue weighted by Crippen LogP contribution is -2.48. The molecule has 0 aliphatic carbocycles. The zero-order valence-electron chi connectivity index (χ0n) is 9.90. The maximum atomic E-state index is 11.8. The largest absolute Gasteiger partial charge is 0.379 e. The molecule has 1 saturated heterocycles. The smallest absolute Gasteiger partial charge is 0.305 e. The minimum atomic E-state index is -0.273. The average molecular weight is 239 g/mol. The van der Waals surface area contributed by atoms with E-state index in [0.29, 0.717) is 26.3 Å². The van der Waals surface area contributed by atoms with Gasteiger partial charge in [-0.3, -0.25) is 15.3 Å². The predicted octanol–water partition coefficient (Wildman–Crippen LogP) is -0.266. The van der Waals surface area contributed by atoms with Crippen molar-refractivity contribution in [1.82, 2.24) is 25.6 Å². The molecule has 1 aromatic heterocycles. The number of aromatic nitrogens is 3. The number of rotatable bonds is 4. The number of morpholine rings is 1. The highest BCUT2D eigenvalue weighted by molar-refractivity contribution is 5.89. The molecule has 2 heterocycles. The maximum Gasteiger partial charge on any atom is 0.305 e. The van der Waals surface area contributed by atoms with Gasteiger partial charge in [0, 0.05) is 19.5 Å². The summed E-state index contributed by atoms with van der Waals surface area (Å²) in [5.74, 6) is 0.671. The minimum Gasteiger partial charge on any atom is -0.379 e. The molecule has 7 nitrogen and oxygen atoms in total. The van der Waals surface area contributed by atoms with E-state index >= 15 is 0 Å². The van der Waals surface area contributed by atoms with Crippen molar-refractivity contribution < 1.29 is 9.53 Å². The van der Waals surface area contributed by atoms with Crippen molar-refractivity contribution in [2.75, 3.05) is 26.3 Å². The highest BCUT2D eigenvalue weighted by Gasteiger charge is 2.17. The van der Waals surface area contributed by atoms with Gasteiger partial charge in [-0.05, 0) is 6.42 Å². The van der Waals surface area contributed by atoms with Gasteiger partial charge in [0.1, 0.15) is 5.82 Å². The molecule has 1 aliphatic rings. The van der Waals surface area contributed by atoms with Gasteiger partial charge in [-0.25, -0.2) is 9.99 Å². The highest BCUT2D eigenvalue weighted by Crippen LogP contribution is 1.98. The molecule has 17 heavy (non-hydrogen) atoms. The van der Waals surface area contributed by atoms with Crippen molar-refractivity contribution in [2.45, 2.75) is 19.8 Å². The van der Waals surface area contributed by atoms with Gasteiger partial charge in [0.2, 0.25) is 5.82 Å². The molecule has 0 unspecified atom stereocenters. The Hall–Kier alpha value is -1.47. The molecule has 1 aromatic rings. The van der Waals surface area contributed by atoms with Gasteiger partial charge >= 0.3 is 5.91 Å². The maximum absolute atomic E-state index is 11.8. The lowest BCUT2D eigenvalue weighted by molar-refractivity contribution is 0.0123. The Morgan fingerprint density at radius 2 is 2.29 bits per heavy atom. The summed E-state index contributed by atoms with van der Waals surface area (Å²) in [4.78, 5) is 15.9. The van der Waals surface area contributed by atoms with Crippen LogP contribution < -0.4 is 5.43 Å². The number of carbonyl (C=O) groups is 1. The van der Waals surface area contributed by atoms with Crippen molar-refractivity contribution in [3.05, 3.63) is 11.6 Å². The van der Waals surface area contributed by atoms with Crippen LogP contribution in [-0.4, -0.2) is 52.4 Å². The quantitative estimate of drug-likeness (QED) is 0.756. The zero-order chi connectivity index (χ0) is 12.1. The van der Waals surface area contributed by atoms with E-state index < -0.39 is 0 Å². The fourth-order valence-electron chi connectivity index (χ4n) is 1.61. The Kier molecular flexibility index (Phi) is 4.05. The Balaban J connectivity index is 1.89. The number of nitrogens with one attached hydrogen (secondary N) is 2. The number of nitrogens with zero attached hydrogens (tertiary/aromatic N) is 3. The molecule has 1 fully saturated rings. The second-order valence-corrected chi connectivity index (χ2v) is 3.90. The monoisotopic (exact) mass is 239 g/mol. The van der Waals surface area contributed by atoms with E-state index in [2.05, 4.69) is 27.5 Å². The lowest BCUT2D eigenvalue weighted by Gasteiger charge is -2.26. The number of hydrogen-bond acceptors (Lipinski definition) is 5. The van der Waals surface area contributed by atoms with Crippen LogP contribution in [0, 0.1) is 0 Å². The van der Waals surface area contributed by atoms with Crippen LogP contribution in [0.1, 0.15) is 29.8 Å². The molecular weight excluding hydrogens is 222 g/mol. The van der Waals surface area contributed by atoms with Crippen LogP contribution in [0.2, 0.25) is 0 Å². The normalized spacial score (nSPS) is 17.0. The standard InChI is InChI=1S/C10H17N5O2/c1-2-3-8-11-9(13-12-8)10(16)14-15-4-6-17-7-5-15/h2-7H2,1H3,(H,14,16)(H,11,12,13). The van der Waals surface area contributed by atoms with Crippen molar-refractivity contribution in [3.63, 3.8) is 0 Å². The van der Waals surface area contributed by atoms with Gasteiger partial charge in [-0.2, -0.15) is 0 Å². The first-order chi connectivity index (χ1) is 8.29. The van der Waals surface area contributed by atoms with Gasteiger partial charge < -0.3 is 4.74 Å². The highest BCUT2D eigenvalue weighted by atomic mass is 16.5. The van der Waals surface area contributed by atoms with Crippen LogP contribution in [0.3, 0.4) is 0 Å². The molecule has 94 valence electrons. The van der Waals surface area contributed by atoms with E-state index in [9.17, 15) is 4.79 Å². The van der Waals surface area contributed by atoms with Crippen LogP contribution in [0.5, 0.6) is 0 Å². The van der Waals surface area contributed by atoms with Gasteiger partial charge in [0.25, 0.3) is 0 Å². The van der Waals surface area contributed by atoms with E-state index in [0.717, 1.165) is 18.7 Å². The Morgan fingerprint density at radius 1 is 1.53 bits per heavy atom. The van der Waals surface area contributed by atoms with Crippen LogP contribution in [0.4, 0.5) is 0 Å². The second-order valence-electron chi connectivity index (χ2n) is 3.90. The van der Waals surface area contributed by atoms with E-state index in [4.69, 9.17) is 4.74 Å². The fourth-order valence-corrected chi connectivity index (χ4v) is 1.61. The summed E-state index contributed by atoms with van der Waals surface area (Å²) in [5.41, 5.74) is 2.76. The van der Waals surface area contributed by atoms with Gasteiger partial charge in [-0.1, -0.05) is 6.92 Å². The van der Waals surface area contributed by atoms with Crippen molar-refractivity contribution in [3.8, 4) is 0 Å². The van der Waals surface area contributed by atoms with E-state index in [-0.39, 0.29) is 11.7 Å². The molecule has 0 atom stereocenters. The Morgan fingerprint density at radius 3 is 3.00 bits per heavy atom. The molecule has 1 aliphatic heterocycles. The van der Waals surface area contributed by atoms with Crippen molar-refractivity contribution in [1.29, 1.82) is 0 Å². The summed E-state index contributed by atoms with van der Waals surface area (Å²) in [7, 11) is 0. The Bertz CT molecular complexity index is 373. The van der Waals surface area contributed by atoms with Gasteiger partial charge in [0.05, 0.1) is 13.2 Å². The van der Waals surface area contributed by atoms with Gasteiger partial charge in [0.15, 0.2) is 0 Å². The average Bonchev–Trinajstić information content (AvgIpc) is 2.79. The second kappa shape index (κ2) is 5.74. The molecule has 1 amide bonds. The summed E-state index contributed by atoms with van der Waals surface area (Å²) in [6.07, 6.45) is 1.78. The third kappa shape index (κ3) is 3.24. The lowest BCUT2D eigenvalue weighted by atomic mass is 10.3. The van der Waals surface area contributed by atoms with Crippen LogP contribution >= 0.6 is 0 Å². The van der Waals surface area contributed by atoms with E-state index in [1.165, 1.54) is 0 Å². The molecule has 2 rings (SSSR count). The molecule has 2 N–H and O–H groups in total. The van der Waals surface area contributed by atoms with Crippen molar-refractivity contribution in [2.24, 2.45) is 0 Å². The summed E-state index contributed by atoms with van der Waals surface area (Å²) < 4.78 is 5.19. The first kappa shape index (κ1) is 12.0. The van der Waals surface area contributed by atoms with Crippen LogP contribution in [0.25, 0.3) is 0 Å². The summed E-state index contributed by atoms with van der Waals surface area (Å²) >= 11 is 0. The number of H-pyrrole nitrogens is 1. The predicted molar refractivity (Wildman–Crippen MR) is 60.2 cm³/mol. The first-order valence-corrected chi connectivity index (χ1v) is 5.84. The number of carbonyl (C=O) groups excluding carboxylic acids is 1. The molecule has 0 radical (unpaired) electrons. The fraction of sp³-hybridized carbons (Fsp3) is 0.700. The molecule has 0 spiro atoms. The molecule has 0 aromatic carbocycles. The number of hydrogen-bond donors (Lipinski definition) is 2. The number of aromatic amines is 1. The van der Waals surface area contributed by atoms with E-state index in [1.54, 1.807) is 0 Å². The van der Waals surface area contributed by atoms with Gasteiger partial charge in [-0.15, -0.1) is 5.10 Å². The number of aryl methyl sites for hydroxylation is 1. The van der Waals surface area contributed by atoms with Crippen LogP contribution in [0.15, 0.2) is 0 Å². The van der Waals surface area contributed by atoms with Crippen molar-refractivity contribution >= 4 is 5.91 Å². The Labute approximate surface area is 99.5 Å². The summed E-state index contributed by atoms with van der Waals surface area (Å²) in [6, 6.07) is 0.